The molecule has 0 bridgehead atoms. The van der Waals surface area contributed by atoms with Crippen molar-refractivity contribution in [1.29, 1.82) is 0 Å². The highest BCUT2D eigenvalue weighted by Crippen LogP contribution is 2.26. The molecule has 1 aromatic heterocycles. The van der Waals surface area contributed by atoms with Crippen molar-refractivity contribution < 1.29 is 4.52 Å². The molecule has 4 nitrogen and oxygen atoms in total. The van der Waals surface area contributed by atoms with Gasteiger partial charge in [0.05, 0.1) is 6.04 Å². The molecule has 4 heteroatoms. The molecule has 0 unspecified atom stereocenters. The first-order chi connectivity index (χ1) is 9.29. The molecule has 0 saturated heterocycles. The first-order valence-corrected chi connectivity index (χ1v) is 6.99. The van der Waals surface area contributed by atoms with Gasteiger partial charge in [-0.2, -0.15) is 4.98 Å². The summed E-state index contributed by atoms with van der Waals surface area (Å²) in [5, 5.41) is 4.02. The van der Waals surface area contributed by atoms with Crippen LogP contribution in [-0.4, -0.2) is 10.1 Å². The topological polar surface area (TPSA) is 64.9 Å². The molecule has 1 heterocycles. The van der Waals surface area contributed by atoms with Crippen molar-refractivity contribution in [1.82, 2.24) is 10.1 Å². The first-order valence-electron chi connectivity index (χ1n) is 6.99. The normalized spacial score (nSPS) is 13.8. The Morgan fingerprint density at radius 2 is 1.70 bits per heavy atom. The van der Waals surface area contributed by atoms with Crippen molar-refractivity contribution in [3.63, 3.8) is 0 Å². The van der Waals surface area contributed by atoms with Crippen LogP contribution in [0.5, 0.6) is 0 Å². The van der Waals surface area contributed by atoms with E-state index in [1.807, 2.05) is 26.0 Å². The Hall–Kier alpha value is -1.68. The standard InChI is InChI=1S/C16H23N3O/c1-10(2)13(17)15-18-14(19-20-15)11-6-8-12(9-7-11)16(3,4)5/h6-10,13H,17H2,1-5H3/t13-/m0/s1. The summed E-state index contributed by atoms with van der Waals surface area (Å²) in [6, 6.07) is 8.04. The number of rotatable bonds is 3. The van der Waals surface area contributed by atoms with E-state index in [4.69, 9.17) is 10.3 Å². The fraction of sp³-hybridized carbons (Fsp3) is 0.500. The molecule has 0 amide bonds. The van der Waals surface area contributed by atoms with Gasteiger partial charge in [-0.05, 0) is 16.9 Å². The van der Waals surface area contributed by atoms with E-state index < -0.39 is 0 Å². The zero-order chi connectivity index (χ0) is 14.9. The van der Waals surface area contributed by atoms with E-state index in [0.29, 0.717) is 11.7 Å². The highest BCUT2D eigenvalue weighted by Gasteiger charge is 2.19. The third-order valence-corrected chi connectivity index (χ3v) is 3.45. The molecule has 1 atom stereocenters. The van der Waals surface area contributed by atoms with E-state index in [-0.39, 0.29) is 17.4 Å². The third-order valence-electron chi connectivity index (χ3n) is 3.45. The van der Waals surface area contributed by atoms with Crippen LogP contribution >= 0.6 is 0 Å². The highest BCUT2D eigenvalue weighted by molar-refractivity contribution is 5.55. The summed E-state index contributed by atoms with van der Waals surface area (Å²) < 4.78 is 5.25. The largest absolute Gasteiger partial charge is 0.337 e. The number of benzene rings is 1. The summed E-state index contributed by atoms with van der Waals surface area (Å²) in [5.74, 6) is 1.36. The van der Waals surface area contributed by atoms with Crippen molar-refractivity contribution >= 4 is 0 Å². The number of hydrogen-bond acceptors (Lipinski definition) is 4. The van der Waals surface area contributed by atoms with Crippen LogP contribution in [0.2, 0.25) is 0 Å². The number of hydrogen-bond donors (Lipinski definition) is 1. The second-order valence-electron chi connectivity index (χ2n) is 6.55. The van der Waals surface area contributed by atoms with Gasteiger partial charge >= 0.3 is 0 Å². The van der Waals surface area contributed by atoms with Gasteiger partial charge in [0.1, 0.15) is 0 Å². The molecule has 20 heavy (non-hydrogen) atoms. The maximum absolute atomic E-state index is 6.01. The Morgan fingerprint density at radius 3 is 2.20 bits per heavy atom. The predicted molar refractivity (Wildman–Crippen MR) is 80.2 cm³/mol. The summed E-state index contributed by atoms with van der Waals surface area (Å²) in [6.45, 7) is 10.6. The van der Waals surface area contributed by atoms with Gasteiger partial charge in [0.15, 0.2) is 0 Å². The molecule has 0 aliphatic heterocycles. The van der Waals surface area contributed by atoms with Gasteiger partial charge in [0.2, 0.25) is 11.7 Å². The molecule has 0 radical (unpaired) electrons. The van der Waals surface area contributed by atoms with Gasteiger partial charge in [0.25, 0.3) is 0 Å². The molecule has 0 fully saturated rings. The zero-order valence-corrected chi connectivity index (χ0v) is 12.8. The fourth-order valence-corrected chi connectivity index (χ4v) is 1.89. The molecule has 2 aromatic rings. The molecular weight excluding hydrogens is 250 g/mol. The summed E-state index contributed by atoms with van der Waals surface area (Å²) in [4.78, 5) is 4.39. The van der Waals surface area contributed by atoms with Crippen molar-refractivity contribution in [3.8, 4) is 11.4 Å². The number of nitrogens with zero attached hydrogens (tertiary/aromatic N) is 2. The molecule has 108 valence electrons. The van der Waals surface area contributed by atoms with Crippen LogP contribution in [0.15, 0.2) is 28.8 Å². The minimum Gasteiger partial charge on any atom is -0.337 e. The lowest BCUT2D eigenvalue weighted by atomic mass is 9.87. The smallest absolute Gasteiger partial charge is 0.244 e. The Morgan fingerprint density at radius 1 is 1.10 bits per heavy atom. The quantitative estimate of drug-likeness (QED) is 0.926. The first kappa shape index (κ1) is 14.7. The van der Waals surface area contributed by atoms with E-state index in [0.717, 1.165) is 5.56 Å². The van der Waals surface area contributed by atoms with Gasteiger partial charge in [-0.1, -0.05) is 64.0 Å². The Kier molecular flexibility index (Phi) is 3.95. The predicted octanol–water partition coefficient (Wildman–Crippen LogP) is 3.69. The average Bonchev–Trinajstić information content (AvgIpc) is 2.86. The number of nitrogens with two attached hydrogens (primary N) is 1. The van der Waals surface area contributed by atoms with E-state index in [1.165, 1.54) is 5.56 Å². The van der Waals surface area contributed by atoms with Gasteiger partial charge < -0.3 is 10.3 Å². The lowest BCUT2D eigenvalue weighted by molar-refractivity contribution is 0.325. The Labute approximate surface area is 120 Å². The lowest BCUT2D eigenvalue weighted by Gasteiger charge is -2.18. The third kappa shape index (κ3) is 3.07. The second-order valence-corrected chi connectivity index (χ2v) is 6.55. The molecular formula is C16H23N3O. The van der Waals surface area contributed by atoms with Crippen molar-refractivity contribution in [2.45, 2.75) is 46.1 Å². The van der Waals surface area contributed by atoms with Crippen LogP contribution in [0.1, 0.15) is 52.1 Å². The SMILES string of the molecule is CC(C)[C@H](N)c1nc(-c2ccc(C(C)(C)C)cc2)no1. The molecule has 2 N–H and O–H groups in total. The summed E-state index contributed by atoms with van der Waals surface area (Å²) in [6.07, 6.45) is 0. The van der Waals surface area contributed by atoms with Gasteiger partial charge in [-0.3, -0.25) is 0 Å². The van der Waals surface area contributed by atoms with Crippen LogP contribution in [-0.2, 0) is 5.41 Å². The summed E-state index contributed by atoms with van der Waals surface area (Å²) in [7, 11) is 0. The second kappa shape index (κ2) is 5.37. The number of aromatic nitrogens is 2. The molecule has 1 aromatic carbocycles. The Balaban J connectivity index is 2.25. The molecule has 0 aliphatic rings. The van der Waals surface area contributed by atoms with Crippen LogP contribution in [0.25, 0.3) is 11.4 Å². The van der Waals surface area contributed by atoms with E-state index >= 15 is 0 Å². The van der Waals surface area contributed by atoms with Crippen molar-refractivity contribution in [2.24, 2.45) is 11.7 Å². The minimum absolute atomic E-state index is 0.140. The molecule has 0 saturated carbocycles. The Bertz CT molecular complexity index is 564. The van der Waals surface area contributed by atoms with Gasteiger partial charge in [0, 0.05) is 5.56 Å². The van der Waals surface area contributed by atoms with Gasteiger partial charge in [-0.15, -0.1) is 0 Å². The van der Waals surface area contributed by atoms with Gasteiger partial charge in [-0.25, -0.2) is 0 Å². The van der Waals surface area contributed by atoms with E-state index in [2.05, 4.69) is 43.0 Å². The van der Waals surface area contributed by atoms with E-state index in [1.54, 1.807) is 0 Å². The molecule has 2 rings (SSSR count). The molecule has 0 aliphatic carbocycles. The maximum atomic E-state index is 6.01. The fourth-order valence-electron chi connectivity index (χ4n) is 1.89. The highest BCUT2D eigenvalue weighted by atomic mass is 16.5. The van der Waals surface area contributed by atoms with Crippen LogP contribution in [0.4, 0.5) is 0 Å². The van der Waals surface area contributed by atoms with Crippen LogP contribution in [0.3, 0.4) is 0 Å². The van der Waals surface area contributed by atoms with E-state index in [9.17, 15) is 0 Å². The maximum Gasteiger partial charge on any atom is 0.244 e. The minimum atomic E-state index is -0.218. The van der Waals surface area contributed by atoms with Crippen LogP contribution < -0.4 is 5.73 Å². The summed E-state index contributed by atoms with van der Waals surface area (Å²) >= 11 is 0. The van der Waals surface area contributed by atoms with Crippen molar-refractivity contribution in [2.75, 3.05) is 0 Å². The monoisotopic (exact) mass is 273 g/mol. The van der Waals surface area contributed by atoms with Crippen molar-refractivity contribution in [3.05, 3.63) is 35.7 Å². The molecule has 0 spiro atoms. The average molecular weight is 273 g/mol. The zero-order valence-electron chi connectivity index (χ0n) is 12.8. The lowest BCUT2D eigenvalue weighted by Crippen LogP contribution is -2.16. The summed E-state index contributed by atoms with van der Waals surface area (Å²) in [5.41, 5.74) is 8.38. The van der Waals surface area contributed by atoms with Crippen LogP contribution in [0, 0.1) is 5.92 Å².